The molecule has 2 aromatic rings. The van der Waals surface area contributed by atoms with Crippen molar-refractivity contribution in [3.63, 3.8) is 0 Å². The van der Waals surface area contributed by atoms with E-state index in [0.717, 1.165) is 0 Å². The van der Waals surface area contributed by atoms with E-state index in [2.05, 4.69) is 10.6 Å². The van der Waals surface area contributed by atoms with E-state index in [1.807, 2.05) is 6.92 Å². The molecule has 0 aliphatic rings. The first-order valence-electron chi connectivity index (χ1n) is 9.14. The summed E-state index contributed by atoms with van der Waals surface area (Å²) in [4.78, 5) is 25.1. The third-order valence-corrected chi connectivity index (χ3v) is 4.21. The number of carbonyl (C=O) groups excluding carboxylic acids is 2. The lowest BCUT2D eigenvalue weighted by atomic mass is 10.1. The number of hydrogen-bond acceptors (Lipinski definition) is 4. The van der Waals surface area contributed by atoms with Crippen LogP contribution in [-0.4, -0.2) is 38.2 Å². The zero-order valence-corrected chi connectivity index (χ0v) is 16.8. The highest BCUT2D eigenvalue weighted by Crippen LogP contribution is 2.21. The standard InChI is InChI=1S/C21H25ClN2O4/c1-3-19(28-16-9-6-8-15(22)14-16)21(26)24-18-11-5-4-10-17(18)20(25)23-12-7-13-27-2/h4-6,8-11,14,19H,3,7,12-13H2,1-2H3,(H,23,25)(H,24,26)/t19-/m0/s1. The van der Waals surface area contributed by atoms with E-state index in [-0.39, 0.29) is 11.8 Å². The summed E-state index contributed by atoms with van der Waals surface area (Å²) in [6.07, 6.45) is 0.461. The third-order valence-electron chi connectivity index (χ3n) is 3.98. The summed E-state index contributed by atoms with van der Waals surface area (Å²) in [5, 5.41) is 6.15. The quantitative estimate of drug-likeness (QED) is 0.589. The molecule has 0 unspecified atom stereocenters. The molecule has 2 aromatic carbocycles. The monoisotopic (exact) mass is 404 g/mol. The molecular weight excluding hydrogens is 380 g/mol. The Kier molecular flexibility index (Phi) is 8.78. The molecule has 0 radical (unpaired) electrons. The van der Waals surface area contributed by atoms with E-state index in [4.69, 9.17) is 21.1 Å². The number of anilines is 1. The lowest BCUT2D eigenvalue weighted by Gasteiger charge is -2.18. The van der Waals surface area contributed by atoms with E-state index in [0.29, 0.717) is 48.0 Å². The summed E-state index contributed by atoms with van der Waals surface area (Å²) in [7, 11) is 1.61. The number of para-hydroxylation sites is 1. The summed E-state index contributed by atoms with van der Waals surface area (Å²) in [5.74, 6) is -0.0726. The SMILES string of the molecule is CC[C@H](Oc1cccc(Cl)c1)C(=O)Nc1ccccc1C(=O)NCCCOC. The zero-order chi connectivity index (χ0) is 20.4. The van der Waals surface area contributed by atoms with Crippen LogP contribution in [0, 0.1) is 0 Å². The molecule has 1 atom stereocenters. The van der Waals surface area contributed by atoms with Gasteiger partial charge in [-0.3, -0.25) is 9.59 Å². The number of carbonyl (C=O) groups is 2. The first kappa shape index (κ1) is 21.7. The van der Waals surface area contributed by atoms with Crippen LogP contribution in [0.25, 0.3) is 0 Å². The van der Waals surface area contributed by atoms with Gasteiger partial charge in [0.05, 0.1) is 11.3 Å². The Morgan fingerprint density at radius 1 is 1.14 bits per heavy atom. The van der Waals surface area contributed by atoms with Gasteiger partial charge in [0, 0.05) is 25.3 Å². The predicted molar refractivity (Wildman–Crippen MR) is 110 cm³/mol. The fourth-order valence-electron chi connectivity index (χ4n) is 2.54. The maximum atomic E-state index is 12.7. The Bertz CT molecular complexity index is 797. The van der Waals surface area contributed by atoms with Crippen molar-refractivity contribution in [3.05, 3.63) is 59.1 Å². The van der Waals surface area contributed by atoms with Crippen molar-refractivity contribution < 1.29 is 19.1 Å². The van der Waals surface area contributed by atoms with Crippen molar-refractivity contribution in [2.45, 2.75) is 25.9 Å². The highest BCUT2D eigenvalue weighted by molar-refractivity contribution is 6.30. The summed E-state index contributed by atoms with van der Waals surface area (Å²) < 4.78 is 10.7. The minimum absolute atomic E-state index is 0.254. The highest BCUT2D eigenvalue weighted by Gasteiger charge is 2.21. The minimum Gasteiger partial charge on any atom is -0.481 e. The van der Waals surface area contributed by atoms with Crippen molar-refractivity contribution in [3.8, 4) is 5.75 Å². The lowest BCUT2D eigenvalue weighted by Crippen LogP contribution is -2.33. The molecule has 28 heavy (non-hydrogen) atoms. The fraction of sp³-hybridized carbons (Fsp3) is 0.333. The van der Waals surface area contributed by atoms with E-state index < -0.39 is 6.10 Å². The number of benzene rings is 2. The second-order valence-electron chi connectivity index (χ2n) is 6.11. The van der Waals surface area contributed by atoms with Gasteiger partial charge >= 0.3 is 0 Å². The van der Waals surface area contributed by atoms with Crippen LogP contribution in [0.3, 0.4) is 0 Å². The van der Waals surface area contributed by atoms with E-state index in [9.17, 15) is 9.59 Å². The van der Waals surface area contributed by atoms with Crippen LogP contribution in [0.15, 0.2) is 48.5 Å². The van der Waals surface area contributed by atoms with Crippen LogP contribution in [0.1, 0.15) is 30.1 Å². The van der Waals surface area contributed by atoms with Crippen molar-refractivity contribution in [1.29, 1.82) is 0 Å². The van der Waals surface area contributed by atoms with Gasteiger partial charge in [-0.15, -0.1) is 0 Å². The molecule has 6 nitrogen and oxygen atoms in total. The Hall–Kier alpha value is -2.57. The molecule has 150 valence electrons. The Labute approximate surface area is 170 Å². The van der Waals surface area contributed by atoms with Gasteiger partial charge in [0.1, 0.15) is 5.75 Å². The molecule has 0 aliphatic carbocycles. The van der Waals surface area contributed by atoms with Crippen LogP contribution in [-0.2, 0) is 9.53 Å². The maximum absolute atomic E-state index is 12.7. The Morgan fingerprint density at radius 3 is 2.64 bits per heavy atom. The van der Waals surface area contributed by atoms with Crippen LogP contribution < -0.4 is 15.4 Å². The average molecular weight is 405 g/mol. The smallest absolute Gasteiger partial charge is 0.265 e. The van der Waals surface area contributed by atoms with Crippen LogP contribution in [0.2, 0.25) is 5.02 Å². The van der Waals surface area contributed by atoms with Crippen molar-refractivity contribution in [2.24, 2.45) is 0 Å². The predicted octanol–water partition coefficient (Wildman–Crippen LogP) is 3.90. The topological polar surface area (TPSA) is 76.7 Å². The molecule has 2 N–H and O–H groups in total. The number of methoxy groups -OCH3 is 1. The molecule has 2 amide bonds. The number of hydrogen-bond donors (Lipinski definition) is 2. The first-order valence-corrected chi connectivity index (χ1v) is 9.52. The summed E-state index contributed by atoms with van der Waals surface area (Å²) in [6.45, 7) is 2.91. The Balaban J connectivity index is 2.04. The number of halogens is 1. The van der Waals surface area contributed by atoms with Crippen LogP contribution >= 0.6 is 11.6 Å². The lowest BCUT2D eigenvalue weighted by molar-refractivity contribution is -0.122. The van der Waals surface area contributed by atoms with Crippen molar-refractivity contribution >= 4 is 29.1 Å². The number of ether oxygens (including phenoxy) is 2. The molecule has 0 saturated carbocycles. The van der Waals surface area contributed by atoms with Gasteiger partial charge < -0.3 is 20.1 Å². The van der Waals surface area contributed by atoms with Crippen molar-refractivity contribution in [2.75, 3.05) is 25.6 Å². The van der Waals surface area contributed by atoms with E-state index >= 15 is 0 Å². The second kappa shape index (κ2) is 11.3. The summed E-state index contributed by atoms with van der Waals surface area (Å²) >= 11 is 5.97. The minimum atomic E-state index is -0.712. The first-order chi connectivity index (χ1) is 13.5. The van der Waals surface area contributed by atoms with Gasteiger partial charge in [0.25, 0.3) is 11.8 Å². The normalized spacial score (nSPS) is 11.5. The van der Waals surface area contributed by atoms with Gasteiger partial charge in [0.2, 0.25) is 0 Å². The number of rotatable bonds is 10. The second-order valence-corrected chi connectivity index (χ2v) is 6.55. The summed E-state index contributed by atoms with van der Waals surface area (Å²) in [5.41, 5.74) is 0.829. The number of nitrogens with one attached hydrogen (secondary N) is 2. The zero-order valence-electron chi connectivity index (χ0n) is 16.0. The van der Waals surface area contributed by atoms with E-state index in [1.54, 1.807) is 55.6 Å². The molecule has 0 fully saturated rings. The molecule has 2 rings (SSSR count). The average Bonchev–Trinajstić information content (AvgIpc) is 2.69. The van der Waals surface area contributed by atoms with Gasteiger partial charge in [-0.25, -0.2) is 0 Å². The highest BCUT2D eigenvalue weighted by atomic mass is 35.5. The molecular formula is C21H25ClN2O4. The third kappa shape index (κ3) is 6.55. The van der Waals surface area contributed by atoms with Gasteiger partial charge in [-0.1, -0.05) is 36.7 Å². The van der Waals surface area contributed by atoms with Gasteiger partial charge in [-0.2, -0.15) is 0 Å². The molecule has 0 spiro atoms. The largest absolute Gasteiger partial charge is 0.481 e. The Morgan fingerprint density at radius 2 is 1.93 bits per heavy atom. The van der Waals surface area contributed by atoms with Crippen LogP contribution in [0.5, 0.6) is 5.75 Å². The number of amides is 2. The van der Waals surface area contributed by atoms with Crippen molar-refractivity contribution in [1.82, 2.24) is 5.32 Å². The van der Waals surface area contributed by atoms with Crippen LogP contribution in [0.4, 0.5) is 5.69 Å². The van der Waals surface area contributed by atoms with E-state index in [1.165, 1.54) is 0 Å². The molecule has 0 saturated heterocycles. The van der Waals surface area contributed by atoms with Gasteiger partial charge in [0.15, 0.2) is 6.10 Å². The summed E-state index contributed by atoms with van der Waals surface area (Å²) in [6, 6.07) is 13.7. The fourth-order valence-corrected chi connectivity index (χ4v) is 2.72. The molecule has 7 heteroatoms. The maximum Gasteiger partial charge on any atom is 0.265 e. The molecule has 0 aliphatic heterocycles. The van der Waals surface area contributed by atoms with Gasteiger partial charge in [-0.05, 0) is 43.2 Å². The molecule has 0 heterocycles. The molecule has 0 aromatic heterocycles. The molecule has 0 bridgehead atoms.